The van der Waals surface area contributed by atoms with Crippen molar-refractivity contribution in [3.05, 3.63) is 53.6 Å². The third kappa shape index (κ3) is 3.61. The molecule has 1 aliphatic rings. The topological polar surface area (TPSA) is 51.2 Å². The number of aryl methyl sites for hydroxylation is 2. The second-order valence-corrected chi connectivity index (χ2v) is 5.33. The number of hydrogen-bond donors (Lipinski definition) is 1. The Labute approximate surface area is 128 Å². The van der Waals surface area contributed by atoms with Gasteiger partial charge in [0.05, 0.1) is 12.8 Å². The fourth-order valence-electron chi connectivity index (χ4n) is 2.51. The normalized spacial score (nSPS) is 13.1. The minimum atomic E-state index is -0.382. The van der Waals surface area contributed by atoms with Crippen molar-refractivity contribution in [2.75, 3.05) is 11.9 Å². The summed E-state index contributed by atoms with van der Waals surface area (Å²) in [6.07, 6.45) is 5.44. The van der Waals surface area contributed by atoms with Crippen molar-refractivity contribution in [1.82, 2.24) is 4.98 Å². The molecule has 0 unspecified atom stereocenters. The summed E-state index contributed by atoms with van der Waals surface area (Å²) in [7, 11) is 0. The van der Waals surface area contributed by atoms with E-state index in [9.17, 15) is 9.18 Å². The van der Waals surface area contributed by atoms with Gasteiger partial charge in [-0.25, -0.2) is 4.39 Å². The lowest BCUT2D eigenvalue weighted by molar-refractivity contribution is -0.116. The van der Waals surface area contributed by atoms with Gasteiger partial charge in [-0.3, -0.25) is 9.78 Å². The van der Waals surface area contributed by atoms with Gasteiger partial charge in [0.2, 0.25) is 5.91 Å². The Balaban J connectivity index is 1.57. The van der Waals surface area contributed by atoms with Crippen molar-refractivity contribution in [3.8, 4) is 5.75 Å². The van der Waals surface area contributed by atoms with Gasteiger partial charge in [0, 0.05) is 18.3 Å². The highest BCUT2D eigenvalue weighted by atomic mass is 19.1. The third-order valence-electron chi connectivity index (χ3n) is 3.59. The Morgan fingerprint density at radius 2 is 2.23 bits per heavy atom. The predicted octanol–water partition coefficient (Wildman–Crippen LogP) is 3.12. The van der Waals surface area contributed by atoms with Crippen LogP contribution in [-0.2, 0) is 17.6 Å². The van der Waals surface area contributed by atoms with E-state index in [4.69, 9.17) is 4.74 Å². The number of pyridine rings is 1. The molecule has 22 heavy (non-hydrogen) atoms. The molecule has 4 nitrogen and oxygen atoms in total. The number of carbonyl (C=O) groups is 1. The maximum absolute atomic E-state index is 13.0. The first-order valence-electron chi connectivity index (χ1n) is 7.36. The number of benzene rings is 1. The maximum atomic E-state index is 13.0. The second kappa shape index (κ2) is 6.56. The highest BCUT2D eigenvalue weighted by Gasteiger charge is 2.11. The Bertz CT molecular complexity index is 688. The van der Waals surface area contributed by atoms with Gasteiger partial charge in [-0.05, 0) is 54.7 Å². The highest BCUT2D eigenvalue weighted by molar-refractivity contribution is 5.91. The summed E-state index contributed by atoms with van der Waals surface area (Å²) >= 11 is 0. The quantitative estimate of drug-likeness (QED) is 0.944. The number of ether oxygens (including phenoxy) is 1. The molecule has 2 aromatic rings. The Morgan fingerprint density at radius 1 is 1.32 bits per heavy atom. The number of rotatable bonds is 4. The van der Waals surface area contributed by atoms with Crippen LogP contribution in [0.1, 0.15) is 24.0 Å². The van der Waals surface area contributed by atoms with Crippen LogP contribution in [-0.4, -0.2) is 17.5 Å². The minimum Gasteiger partial charge on any atom is -0.493 e. The van der Waals surface area contributed by atoms with Crippen molar-refractivity contribution in [3.63, 3.8) is 0 Å². The molecule has 0 radical (unpaired) electrons. The first-order chi connectivity index (χ1) is 10.7. The summed E-state index contributed by atoms with van der Waals surface area (Å²) in [6.45, 7) is 0.750. The third-order valence-corrected chi connectivity index (χ3v) is 3.59. The van der Waals surface area contributed by atoms with Gasteiger partial charge in [-0.15, -0.1) is 0 Å². The lowest BCUT2D eigenvalue weighted by atomic mass is 10.1. The number of nitrogens with one attached hydrogen (secondary N) is 1. The molecule has 0 bridgehead atoms. The molecular formula is C17H17FN2O2. The molecule has 0 aliphatic carbocycles. The molecule has 1 aliphatic heterocycles. The van der Waals surface area contributed by atoms with Crippen LogP contribution >= 0.6 is 0 Å². The molecule has 0 spiro atoms. The molecule has 5 heteroatoms. The SMILES string of the molecule is O=C(CCc1cncc(F)c1)Nc1ccc2c(c1)CCCO2. The lowest BCUT2D eigenvalue weighted by Crippen LogP contribution is -2.14. The van der Waals surface area contributed by atoms with Gasteiger partial charge in [0.25, 0.3) is 0 Å². The van der Waals surface area contributed by atoms with Gasteiger partial charge in [0.1, 0.15) is 11.6 Å². The zero-order valence-electron chi connectivity index (χ0n) is 12.1. The molecule has 1 aromatic carbocycles. The average molecular weight is 300 g/mol. The predicted molar refractivity (Wildman–Crippen MR) is 81.4 cm³/mol. The fraction of sp³-hybridized carbons (Fsp3) is 0.294. The number of carbonyl (C=O) groups excluding carboxylic acids is 1. The van der Waals surface area contributed by atoms with E-state index >= 15 is 0 Å². The molecule has 114 valence electrons. The minimum absolute atomic E-state index is 0.0964. The highest BCUT2D eigenvalue weighted by Crippen LogP contribution is 2.27. The Kier molecular flexibility index (Phi) is 4.32. The molecule has 0 fully saturated rings. The van der Waals surface area contributed by atoms with Crippen LogP contribution in [0.4, 0.5) is 10.1 Å². The van der Waals surface area contributed by atoms with Crippen LogP contribution in [0.15, 0.2) is 36.7 Å². The Morgan fingerprint density at radius 3 is 3.09 bits per heavy atom. The molecule has 0 saturated carbocycles. The molecule has 2 heterocycles. The lowest BCUT2D eigenvalue weighted by Gasteiger charge is -2.18. The van der Waals surface area contributed by atoms with Crippen molar-refractivity contribution in [2.24, 2.45) is 0 Å². The van der Waals surface area contributed by atoms with Gasteiger partial charge >= 0.3 is 0 Å². The van der Waals surface area contributed by atoms with E-state index < -0.39 is 0 Å². The number of halogens is 1. The first-order valence-corrected chi connectivity index (χ1v) is 7.36. The van der Waals surface area contributed by atoms with Gasteiger partial charge in [-0.2, -0.15) is 0 Å². The Hall–Kier alpha value is -2.43. The van der Waals surface area contributed by atoms with Crippen molar-refractivity contribution in [1.29, 1.82) is 0 Å². The summed E-state index contributed by atoms with van der Waals surface area (Å²) in [5, 5.41) is 2.87. The summed E-state index contributed by atoms with van der Waals surface area (Å²) in [5.74, 6) is 0.420. The summed E-state index contributed by atoms with van der Waals surface area (Å²) < 4.78 is 18.6. The van der Waals surface area contributed by atoms with Gasteiger partial charge in [-0.1, -0.05) is 0 Å². The molecule has 0 saturated heterocycles. The van der Waals surface area contributed by atoms with E-state index in [0.717, 1.165) is 42.6 Å². The van der Waals surface area contributed by atoms with Gasteiger partial charge in [0.15, 0.2) is 0 Å². The van der Waals surface area contributed by atoms with Crippen LogP contribution in [0.3, 0.4) is 0 Å². The van der Waals surface area contributed by atoms with Crippen LogP contribution in [0.25, 0.3) is 0 Å². The summed E-state index contributed by atoms with van der Waals surface area (Å²) in [4.78, 5) is 15.8. The molecular weight excluding hydrogens is 283 g/mol. The van der Waals surface area contributed by atoms with E-state index in [1.54, 1.807) is 6.20 Å². The molecule has 0 atom stereocenters. The number of amides is 1. The van der Waals surface area contributed by atoms with Crippen LogP contribution in [0.2, 0.25) is 0 Å². The number of anilines is 1. The molecule has 1 amide bonds. The number of aromatic nitrogens is 1. The van der Waals surface area contributed by atoms with E-state index in [1.165, 1.54) is 6.07 Å². The van der Waals surface area contributed by atoms with Crippen LogP contribution in [0, 0.1) is 5.82 Å². The molecule has 1 aromatic heterocycles. The van der Waals surface area contributed by atoms with E-state index in [-0.39, 0.29) is 11.7 Å². The van der Waals surface area contributed by atoms with E-state index in [1.807, 2.05) is 18.2 Å². The van der Waals surface area contributed by atoms with Gasteiger partial charge < -0.3 is 10.1 Å². The fourth-order valence-corrected chi connectivity index (χ4v) is 2.51. The zero-order valence-corrected chi connectivity index (χ0v) is 12.1. The van der Waals surface area contributed by atoms with Crippen molar-refractivity contribution >= 4 is 11.6 Å². The monoisotopic (exact) mass is 300 g/mol. The molecule has 3 rings (SSSR count). The summed E-state index contributed by atoms with van der Waals surface area (Å²) in [6, 6.07) is 7.08. The van der Waals surface area contributed by atoms with Crippen LogP contribution in [0.5, 0.6) is 5.75 Å². The number of fused-ring (bicyclic) bond motifs is 1. The second-order valence-electron chi connectivity index (χ2n) is 5.33. The number of nitrogens with zero attached hydrogens (tertiary/aromatic N) is 1. The van der Waals surface area contributed by atoms with Crippen molar-refractivity contribution in [2.45, 2.75) is 25.7 Å². The van der Waals surface area contributed by atoms with E-state index in [0.29, 0.717) is 18.4 Å². The van der Waals surface area contributed by atoms with Crippen molar-refractivity contribution < 1.29 is 13.9 Å². The smallest absolute Gasteiger partial charge is 0.224 e. The summed E-state index contributed by atoms with van der Waals surface area (Å²) in [5.41, 5.74) is 2.61. The standard InChI is InChI=1S/C17H17FN2O2/c18-14-8-12(10-19-11-14)3-6-17(21)20-15-4-5-16-13(9-15)2-1-7-22-16/h4-5,8-11H,1-3,6-7H2,(H,20,21). The number of hydrogen-bond acceptors (Lipinski definition) is 3. The molecule has 1 N–H and O–H groups in total. The van der Waals surface area contributed by atoms with E-state index in [2.05, 4.69) is 10.3 Å². The van der Waals surface area contributed by atoms with Crippen LogP contribution < -0.4 is 10.1 Å². The zero-order chi connectivity index (χ0) is 15.4. The first kappa shape index (κ1) is 14.5. The average Bonchev–Trinajstić information content (AvgIpc) is 2.53. The maximum Gasteiger partial charge on any atom is 0.224 e. The largest absolute Gasteiger partial charge is 0.493 e.